The van der Waals surface area contributed by atoms with Gasteiger partial charge in [-0.15, -0.1) is 0 Å². The number of H-pyrrole nitrogens is 2. The highest BCUT2D eigenvalue weighted by Gasteiger charge is 2.22. The molecule has 3 aromatic rings. The largest absolute Gasteiger partial charge is 0.481 e. The van der Waals surface area contributed by atoms with Crippen molar-refractivity contribution in [3.05, 3.63) is 82.5 Å². The lowest BCUT2D eigenvalue weighted by Crippen LogP contribution is -2.23. The van der Waals surface area contributed by atoms with Gasteiger partial charge in [-0.3, -0.25) is 9.59 Å². The highest BCUT2D eigenvalue weighted by molar-refractivity contribution is 5.97. The first kappa shape index (κ1) is 31.4. The van der Waals surface area contributed by atoms with E-state index in [0.29, 0.717) is 31.5 Å². The highest BCUT2D eigenvalue weighted by atomic mass is 16.4. The maximum atomic E-state index is 12.6. The Labute approximate surface area is 263 Å². The minimum absolute atomic E-state index is 0.00287. The summed E-state index contributed by atoms with van der Waals surface area (Å²) in [6.45, 7) is 19.0. The van der Waals surface area contributed by atoms with Gasteiger partial charge in [-0.05, 0) is 105 Å². The number of carboxylic acids is 1. The molecule has 8 bridgehead atoms. The number of nitrogens with one attached hydrogen (secondary N) is 3. The Balaban J connectivity index is 1.85. The van der Waals surface area contributed by atoms with Crippen LogP contribution in [0.5, 0.6) is 0 Å². The summed E-state index contributed by atoms with van der Waals surface area (Å²) in [6, 6.07) is 8.10. The number of aryl methyl sites for hydroxylation is 2. The topological polar surface area (TPSA) is 124 Å². The predicted octanol–water partition coefficient (Wildman–Crippen LogP) is 8.25. The van der Waals surface area contributed by atoms with Gasteiger partial charge in [-0.1, -0.05) is 32.2 Å². The van der Waals surface area contributed by atoms with E-state index in [4.69, 9.17) is 9.97 Å². The molecule has 3 aromatic heterocycles. The number of amides is 1. The van der Waals surface area contributed by atoms with E-state index in [0.717, 1.165) is 90.1 Å². The van der Waals surface area contributed by atoms with E-state index in [1.807, 2.05) is 45.1 Å². The van der Waals surface area contributed by atoms with Crippen molar-refractivity contribution in [3.63, 3.8) is 0 Å². The normalized spacial score (nSPS) is 12.9. The monoisotopic (exact) mass is 603 g/mol. The molecule has 0 aromatic carbocycles. The number of fused-ring (bicyclic) bond motifs is 8. The van der Waals surface area contributed by atoms with Crippen LogP contribution in [0.3, 0.4) is 0 Å². The van der Waals surface area contributed by atoms with Crippen molar-refractivity contribution in [1.29, 1.82) is 0 Å². The molecule has 4 N–H and O–H groups in total. The van der Waals surface area contributed by atoms with Gasteiger partial charge in [0.15, 0.2) is 0 Å². The van der Waals surface area contributed by atoms with Crippen LogP contribution >= 0.6 is 0 Å². The van der Waals surface area contributed by atoms with Crippen LogP contribution in [-0.4, -0.2) is 43.5 Å². The molecule has 5 rings (SSSR count). The number of aromatic amines is 2. The van der Waals surface area contributed by atoms with E-state index < -0.39 is 5.97 Å². The molecule has 0 aliphatic carbocycles. The number of rotatable bonds is 10. The van der Waals surface area contributed by atoms with Crippen molar-refractivity contribution in [1.82, 2.24) is 25.3 Å². The van der Waals surface area contributed by atoms with Gasteiger partial charge in [-0.25, -0.2) is 9.97 Å². The van der Waals surface area contributed by atoms with Crippen molar-refractivity contribution in [3.8, 4) is 0 Å². The Bertz CT molecular complexity index is 1970. The molecule has 2 aliphatic heterocycles. The van der Waals surface area contributed by atoms with E-state index in [9.17, 15) is 14.7 Å². The average Bonchev–Trinajstić information content (AvgIpc) is 3.66. The van der Waals surface area contributed by atoms with Crippen LogP contribution in [0.15, 0.2) is 37.4 Å². The lowest BCUT2D eigenvalue weighted by atomic mass is 9.98. The average molecular weight is 604 g/mol. The van der Waals surface area contributed by atoms with Gasteiger partial charge in [0.05, 0.1) is 22.8 Å². The van der Waals surface area contributed by atoms with Crippen molar-refractivity contribution < 1.29 is 14.7 Å². The first-order valence-corrected chi connectivity index (χ1v) is 15.5. The fourth-order valence-corrected chi connectivity index (χ4v) is 6.13. The van der Waals surface area contributed by atoms with Crippen LogP contribution in [0.2, 0.25) is 0 Å². The molecule has 1 amide bonds. The summed E-state index contributed by atoms with van der Waals surface area (Å²) in [6.07, 6.45) is 5.77. The molecule has 8 heteroatoms. The zero-order chi connectivity index (χ0) is 32.4. The van der Waals surface area contributed by atoms with Crippen LogP contribution in [0.4, 0.5) is 0 Å². The maximum absolute atomic E-state index is 12.6. The fraction of sp³-hybridized carbons (Fsp3) is 0.297. The van der Waals surface area contributed by atoms with E-state index in [1.54, 1.807) is 0 Å². The second-order valence-corrected chi connectivity index (χ2v) is 11.7. The Morgan fingerprint density at radius 1 is 0.756 bits per heavy atom. The van der Waals surface area contributed by atoms with E-state index in [-0.39, 0.29) is 12.3 Å². The Hall–Kier alpha value is -4.98. The third kappa shape index (κ3) is 6.18. The standard InChI is InChI=1S/C37H41N5O3/c1-8-15-38-36(43)13-11-26-22(6)29-16-28-20(4)24(9-2)32(39-28)17-30-21(5)25(10-3)33(40-30)18-31-23(7)27(12-14-37(44)45)35(42-31)19-34(26)41-29/h9-10,16-19,39-40H,2-3,8,11-15H2,1,4-7H3,(H,38,43)(H,44,45). The number of carboxylic acid groups (broad SMARTS) is 1. The number of aliphatic carboxylic acids is 1. The lowest BCUT2D eigenvalue weighted by Gasteiger charge is -2.07. The van der Waals surface area contributed by atoms with Gasteiger partial charge in [0.1, 0.15) is 0 Å². The smallest absolute Gasteiger partial charge is 0.303 e. The molecule has 0 saturated heterocycles. The number of carbonyl (C=O) groups excluding carboxylic acids is 1. The van der Waals surface area contributed by atoms with Gasteiger partial charge in [0.25, 0.3) is 0 Å². The number of nitrogens with zero attached hydrogens (tertiary/aromatic N) is 2. The quantitative estimate of drug-likeness (QED) is 0.186. The molecule has 232 valence electrons. The van der Waals surface area contributed by atoms with Crippen LogP contribution in [0, 0.1) is 13.8 Å². The number of allylic oxidation sites excluding steroid dienone is 4. The summed E-state index contributed by atoms with van der Waals surface area (Å²) in [7, 11) is 0. The molecule has 0 atom stereocenters. The molecular weight excluding hydrogens is 562 g/mol. The summed E-state index contributed by atoms with van der Waals surface area (Å²) in [5, 5.41) is 12.5. The molecule has 0 fully saturated rings. The maximum Gasteiger partial charge on any atom is 0.303 e. The third-order valence-electron chi connectivity index (χ3n) is 8.80. The minimum Gasteiger partial charge on any atom is -0.481 e. The minimum atomic E-state index is -0.864. The number of aromatic nitrogens is 4. The number of hydrogen-bond acceptors (Lipinski definition) is 4. The Morgan fingerprint density at radius 3 is 1.76 bits per heavy atom. The first-order chi connectivity index (χ1) is 21.6. The van der Waals surface area contributed by atoms with Crippen molar-refractivity contribution >= 4 is 68.4 Å². The van der Waals surface area contributed by atoms with Crippen LogP contribution in [0.25, 0.3) is 56.5 Å². The van der Waals surface area contributed by atoms with Crippen LogP contribution in [-0.2, 0) is 9.59 Å². The Morgan fingerprint density at radius 2 is 1.24 bits per heavy atom. The molecule has 45 heavy (non-hydrogen) atoms. The van der Waals surface area contributed by atoms with Gasteiger partial charge in [-0.2, -0.15) is 0 Å². The molecule has 5 heterocycles. The van der Waals surface area contributed by atoms with Gasteiger partial charge >= 0.3 is 5.97 Å². The van der Waals surface area contributed by atoms with Crippen LogP contribution < -0.4 is 5.32 Å². The molecule has 8 nitrogen and oxygen atoms in total. The SMILES string of the molecule is C=Cc1c(C)c2cc3[nH]c(cc4nc(cc5nc(cc1[nH]2)C(C)=C5CCC(=O)O)C(CCC(=O)NCCC)=C4C)c(C)c3C=C. The molecule has 0 unspecified atom stereocenters. The molecule has 0 spiro atoms. The number of hydrogen-bond donors (Lipinski definition) is 4. The van der Waals surface area contributed by atoms with Gasteiger partial charge in [0, 0.05) is 52.6 Å². The fourth-order valence-electron chi connectivity index (χ4n) is 6.13. The van der Waals surface area contributed by atoms with Crippen molar-refractivity contribution in [2.45, 2.75) is 66.7 Å². The summed E-state index contributed by atoms with van der Waals surface area (Å²) >= 11 is 0. The van der Waals surface area contributed by atoms with Gasteiger partial charge in [0.2, 0.25) is 5.91 Å². The third-order valence-corrected chi connectivity index (χ3v) is 8.80. The van der Waals surface area contributed by atoms with Gasteiger partial charge < -0.3 is 20.4 Å². The molecule has 2 aliphatic rings. The molecule has 0 radical (unpaired) electrons. The first-order valence-electron chi connectivity index (χ1n) is 15.5. The second-order valence-electron chi connectivity index (χ2n) is 11.7. The van der Waals surface area contributed by atoms with Crippen molar-refractivity contribution in [2.24, 2.45) is 0 Å². The Kier molecular flexibility index (Phi) is 9.04. The second kappa shape index (κ2) is 12.9. The zero-order valence-corrected chi connectivity index (χ0v) is 26.8. The lowest BCUT2D eigenvalue weighted by molar-refractivity contribution is -0.136. The van der Waals surface area contributed by atoms with Crippen molar-refractivity contribution in [2.75, 3.05) is 6.54 Å². The van der Waals surface area contributed by atoms with E-state index in [1.165, 1.54) is 0 Å². The van der Waals surface area contributed by atoms with E-state index >= 15 is 0 Å². The summed E-state index contributed by atoms with van der Waals surface area (Å²) in [5.41, 5.74) is 14.5. The van der Waals surface area contributed by atoms with Crippen LogP contribution in [0.1, 0.15) is 97.9 Å². The summed E-state index contributed by atoms with van der Waals surface area (Å²) in [5.74, 6) is -0.861. The highest BCUT2D eigenvalue weighted by Crippen LogP contribution is 2.38. The summed E-state index contributed by atoms with van der Waals surface area (Å²) in [4.78, 5) is 41.5. The molecule has 0 saturated carbocycles. The van der Waals surface area contributed by atoms with E-state index in [2.05, 4.69) is 54.4 Å². The summed E-state index contributed by atoms with van der Waals surface area (Å²) < 4.78 is 0. The molecular formula is C37H41N5O3. The zero-order valence-electron chi connectivity index (χ0n) is 26.8. The number of carbonyl (C=O) groups is 2. The predicted molar refractivity (Wildman–Crippen MR) is 185 cm³/mol.